The largest absolute Gasteiger partial charge is 0.481 e. The summed E-state index contributed by atoms with van der Waals surface area (Å²) >= 11 is 12.3. The molecule has 0 saturated carbocycles. The molecule has 5 nitrogen and oxygen atoms in total. The molecule has 166 valence electrons. The van der Waals surface area contributed by atoms with E-state index in [1.165, 1.54) is 5.56 Å². The average molecular weight is 471 g/mol. The van der Waals surface area contributed by atoms with Crippen LogP contribution in [0.4, 0.5) is 5.69 Å². The second-order valence-corrected chi connectivity index (χ2v) is 8.39. The van der Waals surface area contributed by atoms with Crippen LogP contribution >= 0.6 is 23.2 Å². The van der Waals surface area contributed by atoms with Crippen LogP contribution < -0.4 is 10.6 Å². The topological polar surface area (TPSA) is 78.4 Å². The Morgan fingerprint density at radius 3 is 2.28 bits per heavy atom. The molecular weight excluding hydrogens is 447 g/mol. The molecule has 7 heteroatoms. The van der Waals surface area contributed by atoms with Crippen LogP contribution in [0.3, 0.4) is 0 Å². The van der Waals surface area contributed by atoms with Gasteiger partial charge < -0.3 is 15.7 Å². The number of carboxylic acid groups (broad SMARTS) is 1. The lowest BCUT2D eigenvalue weighted by Gasteiger charge is -2.16. The van der Waals surface area contributed by atoms with E-state index in [1.807, 2.05) is 24.3 Å². The van der Waals surface area contributed by atoms with Crippen molar-refractivity contribution in [2.45, 2.75) is 25.8 Å². The van der Waals surface area contributed by atoms with E-state index in [1.54, 1.807) is 18.2 Å². The fourth-order valence-corrected chi connectivity index (χ4v) is 3.85. The van der Waals surface area contributed by atoms with Gasteiger partial charge in [0.25, 0.3) is 5.91 Å². The molecule has 3 rings (SSSR count). The van der Waals surface area contributed by atoms with Crippen LogP contribution in [0, 0.1) is 0 Å². The van der Waals surface area contributed by atoms with Gasteiger partial charge in [-0.05, 0) is 60.9 Å². The quantitative estimate of drug-likeness (QED) is 0.363. The van der Waals surface area contributed by atoms with Crippen molar-refractivity contribution >= 4 is 40.8 Å². The summed E-state index contributed by atoms with van der Waals surface area (Å²) in [6, 6.07) is 21.1. The summed E-state index contributed by atoms with van der Waals surface area (Å²) in [6.45, 7) is 2.20. The molecule has 0 heterocycles. The number of rotatable bonds is 9. The van der Waals surface area contributed by atoms with Crippen molar-refractivity contribution in [3.8, 4) is 11.1 Å². The second-order valence-electron chi connectivity index (χ2n) is 7.55. The standard InChI is InChI=1S/C25H24Cl2N2O3/c1-16(29-21-9-6-19(7-10-21)25(32)28-13-12-24(30)31)14-17-2-4-18(5-3-17)22-11-8-20(26)15-23(22)27/h2-11,15-16,29H,12-14H2,1H3,(H,28,32)(H,30,31). The highest BCUT2D eigenvalue weighted by molar-refractivity contribution is 6.36. The fourth-order valence-electron chi connectivity index (χ4n) is 3.34. The van der Waals surface area contributed by atoms with E-state index in [0.29, 0.717) is 15.6 Å². The van der Waals surface area contributed by atoms with Crippen molar-refractivity contribution < 1.29 is 14.7 Å². The summed E-state index contributed by atoms with van der Waals surface area (Å²) in [4.78, 5) is 22.6. The molecule has 3 aromatic rings. The molecule has 0 spiro atoms. The molecule has 1 atom stereocenters. The first kappa shape index (κ1) is 23.6. The van der Waals surface area contributed by atoms with Gasteiger partial charge in [-0.15, -0.1) is 0 Å². The molecule has 0 fully saturated rings. The van der Waals surface area contributed by atoms with Crippen LogP contribution in [0.15, 0.2) is 66.7 Å². The van der Waals surface area contributed by atoms with Crippen molar-refractivity contribution in [3.63, 3.8) is 0 Å². The molecule has 1 unspecified atom stereocenters. The Hall–Kier alpha value is -3.02. The molecule has 0 aliphatic rings. The van der Waals surface area contributed by atoms with E-state index >= 15 is 0 Å². The Morgan fingerprint density at radius 2 is 1.66 bits per heavy atom. The van der Waals surface area contributed by atoms with E-state index in [0.717, 1.165) is 23.2 Å². The average Bonchev–Trinajstić information content (AvgIpc) is 2.74. The van der Waals surface area contributed by atoms with Gasteiger partial charge in [0, 0.05) is 39.4 Å². The molecule has 3 N–H and O–H groups in total. The molecule has 0 radical (unpaired) electrons. The lowest BCUT2D eigenvalue weighted by molar-refractivity contribution is -0.136. The number of carbonyl (C=O) groups excluding carboxylic acids is 1. The lowest BCUT2D eigenvalue weighted by Crippen LogP contribution is -2.26. The van der Waals surface area contributed by atoms with Crippen molar-refractivity contribution in [1.29, 1.82) is 0 Å². The smallest absolute Gasteiger partial charge is 0.305 e. The third kappa shape index (κ3) is 6.74. The number of nitrogens with one attached hydrogen (secondary N) is 2. The Bertz CT molecular complexity index is 1080. The van der Waals surface area contributed by atoms with Gasteiger partial charge in [0.05, 0.1) is 6.42 Å². The van der Waals surface area contributed by atoms with Crippen LogP contribution in [0.25, 0.3) is 11.1 Å². The van der Waals surface area contributed by atoms with Gasteiger partial charge in [0.2, 0.25) is 0 Å². The summed E-state index contributed by atoms with van der Waals surface area (Å²) < 4.78 is 0. The number of amides is 1. The lowest BCUT2D eigenvalue weighted by atomic mass is 10.0. The van der Waals surface area contributed by atoms with E-state index in [9.17, 15) is 9.59 Å². The van der Waals surface area contributed by atoms with Crippen LogP contribution in [0.2, 0.25) is 10.0 Å². The van der Waals surface area contributed by atoms with Gasteiger partial charge in [0.15, 0.2) is 0 Å². The number of halogens is 2. The minimum Gasteiger partial charge on any atom is -0.481 e. The maximum absolute atomic E-state index is 12.0. The molecular formula is C25H24Cl2N2O3. The maximum atomic E-state index is 12.0. The van der Waals surface area contributed by atoms with E-state index in [-0.39, 0.29) is 24.9 Å². The van der Waals surface area contributed by atoms with Crippen molar-refractivity contribution in [2.24, 2.45) is 0 Å². The third-order valence-electron chi connectivity index (χ3n) is 4.92. The minimum atomic E-state index is -0.942. The summed E-state index contributed by atoms with van der Waals surface area (Å²) in [5, 5.41) is 15.9. The fraction of sp³-hybridized carbons (Fsp3) is 0.200. The molecule has 0 bridgehead atoms. The third-order valence-corrected chi connectivity index (χ3v) is 5.47. The van der Waals surface area contributed by atoms with E-state index in [4.69, 9.17) is 28.3 Å². The first-order valence-corrected chi connectivity index (χ1v) is 11.0. The Morgan fingerprint density at radius 1 is 0.969 bits per heavy atom. The normalized spacial score (nSPS) is 11.6. The maximum Gasteiger partial charge on any atom is 0.305 e. The van der Waals surface area contributed by atoms with Crippen molar-refractivity contribution in [3.05, 3.63) is 87.9 Å². The number of hydrogen-bond donors (Lipinski definition) is 3. The van der Waals surface area contributed by atoms with Crippen LogP contribution in [-0.4, -0.2) is 29.6 Å². The predicted octanol–water partition coefficient (Wildman–Crippen LogP) is 5.91. The zero-order valence-electron chi connectivity index (χ0n) is 17.6. The molecule has 3 aromatic carbocycles. The zero-order chi connectivity index (χ0) is 23.1. The second kappa shape index (κ2) is 11.0. The Labute approximate surface area is 197 Å². The monoisotopic (exact) mass is 470 g/mol. The molecule has 1 amide bonds. The SMILES string of the molecule is CC(Cc1ccc(-c2ccc(Cl)cc2Cl)cc1)Nc1ccc(C(=O)NCCC(=O)O)cc1. The number of carbonyl (C=O) groups is 2. The zero-order valence-corrected chi connectivity index (χ0v) is 19.1. The highest BCUT2D eigenvalue weighted by Gasteiger charge is 2.09. The Kier molecular flexibility index (Phi) is 8.14. The molecule has 32 heavy (non-hydrogen) atoms. The summed E-state index contributed by atoms with van der Waals surface area (Å²) in [5.41, 5.74) is 4.57. The van der Waals surface area contributed by atoms with Gasteiger partial charge in [-0.2, -0.15) is 0 Å². The Balaban J connectivity index is 1.54. The van der Waals surface area contributed by atoms with E-state index in [2.05, 4.69) is 41.8 Å². The molecule has 0 aliphatic carbocycles. The van der Waals surface area contributed by atoms with Crippen molar-refractivity contribution in [2.75, 3.05) is 11.9 Å². The predicted molar refractivity (Wildman–Crippen MR) is 130 cm³/mol. The van der Waals surface area contributed by atoms with Gasteiger partial charge in [0.1, 0.15) is 0 Å². The van der Waals surface area contributed by atoms with Gasteiger partial charge in [-0.3, -0.25) is 9.59 Å². The summed E-state index contributed by atoms with van der Waals surface area (Å²) in [7, 11) is 0. The minimum absolute atomic E-state index is 0.101. The summed E-state index contributed by atoms with van der Waals surface area (Å²) in [5.74, 6) is -1.23. The van der Waals surface area contributed by atoms with Gasteiger partial charge >= 0.3 is 5.97 Å². The van der Waals surface area contributed by atoms with Gasteiger partial charge in [-0.25, -0.2) is 0 Å². The highest BCUT2D eigenvalue weighted by atomic mass is 35.5. The molecule has 0 aliphatic heterocycles. The molecule has 0 aromatic heterocycles. The number of carboxylic acids is 1. The number of benzene rings is 3. The van der Waals surface area contributed by atoms with Crippen LogP contribution in [0.5, 0.6) is 0 Å². The first-order valence-electron chi connectivity index (χ1n) is 10.2. The van der Waals surface area contributed by atoms with E-state index < -0.39 is 5.97 Å². The van der Waals surface area contributed by atoms with Crippen LogP contribution in [0.1, 0.15) is 29.3 Å². The number of aliphatic carboxylic acids is 1. The summed E-state index contributed by atoms with van der Waals surface area (Å²) in [6.07, 6.45) is 0.725. The van der Waals surface area contributed by atoms with Crippen LogP contribution in [-0.2, 0) is 11.2 Å². The van der Waals surface area contributed by atoms with Gasteiger partial charge in [-0.1, -0.05) is 53.5 Å². The highest BCUT2D eigenvalue weighted by Crippen LogP contribution is 2.30. The number of anilines is 1. The first-order chi connectivity index (χ1) is 15.3. The van der Waals surface area contributed by atoms with Crippen molar-refractivity contribution in [1.82, 2.24) is 5.32 Å². The molecule has 0 saturated heterocycles. The number of hydrogen-bond acceptors (Lipinski definition) is 3.